The van der Waals surface area contributed by atoms with Gasteiger partial charge >= 0.3 is 0 Å². The van der Waals surface area contributed by atoms with Gasteiger partial charge in [0.15, 0.2) is 0 Å². The second-order valence-corrected chi connectivity index (χ2v) is 10.9. The molecule has 7 nitrogen and oxygen atoms in total. The summed E-state index contributed by atoms with van der Waals surface area (Å²) in [4.78, 5) is 12.6. The highest BCUT2D eigenvalue weighted by Crippen LogP contribution is 2.37. The molecule has 0 saturated heterocycles. The van der Waals surface area contributed by atoms with E-state index in [1.807, 2.05) is 30.3 Å². The minimum absolute atomic E-state index is 0.0153. The van der Waals surface area contributed by atoms with Crippen LogP contribution < -0.4 is 16.0 Å². The summed E-state index contributed by atoms with van der Waals surface area (Å²) < 4.78 is 32.5. The number of aryl methyl sites for hydroxylation is 1. The number of hydroxylamine groups is 1. The predicted molar refractivity (Wildman–Crippen MR) is 147 cm³/mol. The van der Waals surface area contributed by atoms with Crippen molar-refractivity contribution in [3.8, 4) is 16.9 Å². The Bertz CT molecular complexity index is 1560. The Morgan fingerprint density at radius 3 is 2.05 bits per heavy atom. The van der Waals surface area contributed by atoms with E-state index in [4.69, 9.17) is 10.5 Å². The molecule has 0 bridgehead atoms. The van der Waals surface area contributed by atoms with Crippen LogP contribution in [0.1, 0.15) is 32.6 Å². The SMILES string of the molecule is COc1ccc(S(=O)(=O)c2c(C)c(N)c(CCc3ccc(-c4ccccc4)cc3)c(C)c2C(=O)NO)cc1. The van der Waals surface area contributed by atoms with Gasteiger partial charge in [-0.15, -0.1) is 0 Å². The van der Waals surface area contributed by atoms with Gasteiger partial charge in [-0.25, -0.2) is 13.9 Å². The Balaban J connectivity index is 1.72. The number of anilines is 1. The molecule has 0 heterocycles. The Morgan fingerprint density at radius 2 is 1.47 bits per heavy atom. The summed E-state index contributed by atoms with van der Waals surface area (Å²) in [6.07, 6.45) is 1.11. The van der Waals surface area contributed by atoms with Gasteiger partial charge in [0, 0.05) is 5.69 Å². The first-order chi connectivity index (χ1) is 18.2. The van der Waals surface area contributed by atoms with Gasteiger partial charge in [0.1, 0.15) is 5.75 Å². The second-order valence-electron chi connectivity index (χ2n) is 9.03. The number of ether oxygens (including phenoxy) is 1. The molecule has 0 aliphatic rings. The minimum atomic E-state index is -4.15. The van der Waals surface area contributed by atoms with Crippen LogP contribution in [0.3, 0.4) is 0 Å². The first-order valence-corrected chi connectivity index (χ1v) is 13.6. The maximum absolute atomic E-state index is 13.7. The number of amides is 1. The number of hydrogen-bond acceptors (Lipinski definition) is 6. The molecule has 0 unspecified atom stereocenters. The van der Waals surface area contributed by atoms with Crippen LogP contribution in [0.2, 0.25) is 0 Å². The molecule has 4 rings (SSSR count). The zero-order chi connectivity index (χ0) is 27.4. The van der Waals surface area contributed by atoms with E-state index >= 15 is 0 Å². The molecule has 0 atom stereocenters. The third kappa shape index (κ3) is 5.14. The summed E-state index contributed by atoms with van der Waals surface area (Å²) in [6, 6.07) is 24.2. The van der Waals surface area contributed by atoms with Crippen molar-refractivity contribution in [2.45, 2.75) is 36.5 Å². The zero-order valence-electron chi connectivity index (χ0n) is 21.5. The van der Waals surface area contributed by atoms with Crippen molar-refractivity contribution < 1.29 is 23.2 Å². The monoisotopic (exact) mass is 530 g/mol. The molecule has 0 aromatic heterocycles. The predicted octanol–water partition coefficient (Wildman–Crippen LogP) is 5.30. The largest absolute Gasteiger partial charge is 0.497 e. The molecule has 0 radical (unpaired) electrons. The van der Waals surface area contributed by atoms with E-state index in [9.17, 15) is 18.4 Å². The molecule has 0 aliphatic heterocycles. The number of sulfone groups is 1. The fraction of sp³-hybridized carbons (Fsp3) is 0.167. The fourth-order valence-corrected chi connectivity index (χ4v) is 6.44. The van der Waals surface area contributed by atoms with Crippen LogP contribution in [0.4, 0.5) is 5.69 Å². The van der Waals surface area contributed by atoms with Gasteiger partial charge in [-0.3, -0.25) is 10.0 Å². The quantitative estimate of drug-likeness (QED) is 0.162. The summed E-state index contributed by atoms with van der Waals surface area (Å²) >= 11 is 0. The van der Waals surface area contributed by atoms with Crippen LogP contribution in [0, 0.1) is 13.8 Å². The molecule has 0 fully saturated rings. The van der Waals surface area contributed by atoms with E-state index in [1.165, 1.54) is 31.4 Å². The van der Waals surface area contributed by atoms with Gasteiger partial charge < -0.3 is 10.5 Å². The van der Waals surface area contributed by atoms with Gasteiger partial charge in [-0.05, 0) is 84.3 Å². The van der Waals surface area contributed by atoms with Crippen LogP contribution in [-0.4, -0.2) is 26.6 Å². The smallest absolute Gasteiger partial charge is 0.276 e. The lowest BCUT2D eigenvalue weighted by Crippen LogP contribution is -2.25. The Kier molecular flexibility index (Phi) is 7.85. The molecule has 4 N–H and O–H groups in total. The summed E-state index contributed by atoms with van der Waals surface area (Å²) in [5, 5.41) is 9.48. The standard InChI is InChI=1S/C30H30N2O5S/c1-19-26(18-11-21-9-12-23(13-10-21)22-7-5-4-6-8-22)28(31)20(2)29(27(19)30(33)32-34)38(35,36)25-16-14-24(37-3)15-17-25/h4-10,12-17,34H,11,18,31H2,1-3H3,(H,32,33). The van der Waals surface area contributed by atoms with Crippen molar-refractivity contribution in [3.05, 3.63) is 107 Å². The summed E-state index contributed by atoms with van der Waals surface area (Å²) in [5.74, 6) is -0.414. The van der Waals surface area contributed by atoms with Gasteiger partial charge in [-0.2, -0.15) is 0 Å². The van der Waals surface area contributed by atoms with Crippen molar-refractivity contribution in [1.29, 1.82) is 0 Å². The molecule has 0 saturated carbocycles. The molecule has 0 aliphatic carbocycles. The van der Waals surface area contributed by atoms with E-state index in [0.717, 1.165) is 16.7 Å². The number of hydrogen-bond donors (Lipinski definition) is 3. The van der Waals surface area contributed by atoms with Gasteiger partial charge in [0.05, 0.1) is 22.5 Å². The van der Waals surface area contributed by atoms with E-state index < -0.39 is 15.7 Å². The Morgan fingerprint density at radius 1 is 0.868 bits per heavy atom. The van der Waals surface area contributed by atoms with Crippen LogP contribution in [0.25, 0.3) is 11.1 Å². The van der Waals surface area contributed by atoms with Crippen LogP contribution in [0.5, 0.6) is 5.75 Å². The number of nitrogens with two attached hydrogens (primary N) is 1. The van der Waals surface area contributed by atoms with E-state index in [0.29, 0.717) is 35.4 Å². The second kappa shape index (κ2) is 11.1. The van der Waals surface area contributed by atoms with Crippen molar-refractivity contribution in [2.75, 3.05) is 12.8 Å². The number of nitrogen functional groups attached to an aromatic ring is 1. The van der Waals surface area contributed by atoms with Gasteiger partial charge in [-0.1, -0.05) is 54.6 Å². The van der Waals surface area contributed by atoms with Gasteiger partial charge in [0.2, 0.25) is 9.84 Å². The maximum atomic E-state index is 13.7. The number of carbonyl (C=O) groups is 1. The molecular formula is C30H30N2O5S. The fourth-order valence-electron chi connectivity index (χ4n) is 4.68. The topological polar surface area (TPSA) is 119 Å². The summed E-state index contributed by atoms with van der Waals surface area (Å²) in [5.41, 5.74) is 12.9. The van der Waals surface area contributed by atoms with E-state index in [2.05, 4.69) is 24.3 Å². The normalized spacial score (nSPS) is 11.3. The average molecular weight is 531 g/mol. The van der Waals surface area contributed by atoms with Gasteiger partial charge in [0.25, 0.3) is 5.91 Å². The van der Waals surface area contributed by atoms with Crippen LogP contribution in [0.15, 0.2) is 88.7 Å². The average Bonchev–Trinajstić information content (AvgIpc) is 2.95. The van der Waals surface area contributed by atoms with E-state index in [1.54, 1.807) is 19.3 Å². The summed E-state index contributed by atoms with van der Waals surface area (Å²) in [7, 11) is -2.66. The number of benzene rings is 4. The lowest BCUT2D eigenvalue weighted by molar-refractivity contribution is 0.0701. The van der Waals surface area contributed by atoms with E-state index in [-0.39, 0.29) is 20.9 Å². The van der Waals surface area contributed by atoms with Crippen molar-refractivity contribution in [2.24, 2.45) is 0 Å². The number of carbonyl (C=O) groups excluding carboxylic acids is 1. The Hall–Kier alpha value is -4.14. The number of rotatable bonds is 8. The minimum Gasteiger partial charge on any atom is -0.497 e. The van der Waals surface area contributed by atoms with Crippen LogP contribution in [-0.2, 0) is 22.7 Å². The highest BCUT2D eigenvalue weighted by atomic mass is 32.2. The Labute approximate surface area is 222 Å². The first-order valence-electron chi connectivity index (χ1n) is 12.1. The highest BCUT2D eigenvalue weighted by Gasteiger charge is 2.31. The highest BCUT2D eigenvalue weighted by molar-refractivity contribution is 7.91. The third-order valence-electron chi connectivity index (χ3n) is 6.82. The molecule has 8 heteroatoms. The lowest BCUT2D eigenvalue weighted by Gasteiger charge is -2.21. The number of nitrogens with one attached hydrogen (secondary N) is 1. The molecule has 0 spiro atoms. The molecule has 4 aromatic carbocycles. The van der Waals surface area contributed by atoms with Crippen molar-refractivity contribution >= 4 is 21.4 Å². The molecule has 38 heavy (non-hydrogen) atoms. The maximum Gasteiger partial charge on any atom is 0.276 e. The zero-order valence-corrected chi connectivity index (χ0v) is 22.3. The third-order valence-corrected chi connectivity index (χ3v) is 8.76. The molecule has 196 valence electrons. The van der Waals surface area contributed by atoms with Crippen molar-refractivity contribution in [1.82, 2.24) is 5.48 Å². The molecule has 1 amide bonds. The first kappa shape index (κ1) is 26.9. The van der Waals surface area contributed by atoms with Crippen molar-refractivity contribution in [3.63, 3.8) is 0 Å². The van der Waals surface area contributed by atoms with Crippen LogP contribution >= 0.6 is 0 Å². The molecular weight excluding hydrogens is 500 g/mol. The molecule has 4 aromatic rings. The number of methoxy groups -OCH3 is 1. The lowest BCUT2D eigenvalue weighted by atomic mass is 9.91. The summed E-state index contributed by atoms with van der Waals surface area (Å²) in [6.45, 7) is 3.23.